The van der Waals surface area contributed by atoms with Gasteiger partial charge in [-0.05, 0) is 6.92 Å². The van der Waals surface area contributed by atoms with E-state index in [4.69, 9.17) is 5.73 Å². The topological polar surface area (TPSA) is 59.1 Å². The zero-order chi connectivity index (χ0) is 11.6. The van der Waals surface area contributed by atoms with Crippen molar-refractivity contribution < 1.29 is 13.9 Å². The SMILES string of the molecule is CC(O)C(C)Sc1nc(N)c(F)cc1F. The summed E-state index contributed by atoms with van der Waals surface area (Å²) < 4.78 is 26.0. The first-order valence-corrected chi connectivity index (χ1v) is 5.26. The lowest BCUT2D eigenvalue weighted by atomic mass is 10.3. The number of aromatic nitrogens is 1. The number of hydrogen-bond donors (Lipinski definition) is 2. The molecule has 3 nitrogen and oxygen atoms in total. The number of aliphatic hydroxyl groups is 1. The van der Waals surface area contributed by atoms with Crippen LogP contribution in [0, 0.1) is 11.6 Å². The Morgan fingerprint density at radius 2 is 2.00 bits per heavy atom. The van der Waals surface area contributed by atoms with Crippen molar-refractivity contribution in [2.24, 2.45) is 0 Å². The summed E-state index contributed by atoms with van der Waals surface area (Å²) in [6.07, 6.45) is -0.609. The maximum atomic E-state index is 13.2. The number of nitrogen functional groups attached to an aromatic ring is 1. The molecule has 1 aromatic rings. The number of thioether (sulfide) groups is 1. The lowest BCUT2D eigenvalue weighted by Crippen LogP contribution is -2.15. The molecule has 0 aliphatic carbocycles. The van der Waals surface area contributed by atoms with Crippen LogP contribution < -0.4 is 5.73 Å². The number of hydrogen-bond acceptors (Lipinski definition) is 4. The highest BCUT2D eigenvalue weighted by atomic mass is 32.2. The van der Waals surface area contributed by atoms with Crippen LogP contribution in [0.15, 0.2) is 11.1 Å². The number of pyridine rings is 1. The molecular weight excluding hydrogens is 222 g/mol. The zero-order valence-electron chi connectivity index (χ0n) is 8.37. The fraction of sp³-hybridized carbons (Fsp3) is 0.444. The third-order valence-corrected chi connectivity index (χ3v) is 3.18. The lowest BCUT2D eigenvalue weighted by Gasteiger charge is -2.13. The minimum atomic E-state index is -0.874. The molecule has 0 bridgehead atoms. The molecule has 0 spiro atoms. The van der Waals surface area contributed by atoms with Crippen LogP contribution in [0.1, 0.15) is 13.8 Å². The second-order valence-corrected chi connectivity index (χ2v) is 4.57. The Kier molecular flexibility index (Phi) is 3.87. The van der Waals surface area contributed by atoms with Gasteiger partial charge >= 0.3 is 0 Å². The van der Waals surface area contributed by atoms with Crippen LogP contribution in [0.5, 0.6) is 0 Å². The maximum Gasteiger partial charge on any atom is 0.168 e. The van der Waals surface area contributed by atoms with Gasteiger partial charge in [-0.3, -0.25) is 0 Å². The Morgan fingerprint density at radius 3 is 2.53 bits per heavy atom. The van der Waals surface area contributed by atoms with Crippen molar-refractivity contribution >= 4 is 17.6 Å². The van der Waals surface area contributed by atoms with E-state index in [2.05, 4.69) is 4.98 Å². The first-order chi connectivity index (χ1) is 6.91. The van der Waals surface area contributed by atoms with Crippen molar-refractivity contribution in [3.05, 3.63) is 17.7 Å². The molecule has 0 aliphatic rings. The first-order valence-electron chi connectivity index (χ1n) is 4.38. The van der Waals surface area contributed by atoms with Crippen LogP contribution in [0.4, 0.5) is 14.6 Å². The molecule has 1 rings (SSSR count). The fourth-order valence-electron chi connectivity index (χ4n) is 0.820. The Bertz CT molecular complexity index is 360. The second kappa shape index (κ2) is 4.76. The van der Waals surface area contributed by atoms with Crippen LogP contribution in [-0.4, -0.2) is 21.4 Å². The second-order valence-electron chi connectivity index (χ2n) is 3.21. The molecule has 0 aromatic carbocycles. The van der Waals surface area contributed by atoms with Crippen molar-refractivity contribution in [1.82, 2.24) is 4.98 Å². The summed E-state index contributed by atoms with van der Waals surface area (Å²) in [5, 5.41) is 8.98. The zero-order valence-corrected chi connectivity index (χ0v) is 9.18. The maximum absolute atomic E-state index is 13.2. The van der Waals surface area contributed by atoms with Gasteiger partial charge in [-0.1, -0.05) is 18.7 Å². The van der Waals surface area contributed by atoms with Crippen LogP contribution in [0.2, 0.25) is 0 Å². The molecule has 3 N–H and O–H groups in total. The standard InChI is InChI=1S/C9H12F2N2OS/c1-4(14)5(2)15-9-7(11)3-6(10)8(12)13-9/h3-5,14H,1-2H3,(H2,12,13). The summed E-state index contributed by atoms with van der Waals surface area (Å²) in [6, 6.07) is 0.694. The number of rotatable bonds is 3. The quantitative estimate of drug-likeness (QED) is 0.783. The van der Waals surface area contributed by atoms with Gasteiger partial charge in [0.25, 0.3) is 0 Å². The van der Waals surface area contributed by atoms with Gasteiger partial charge in [0, 0.05) is 11.3 Å². The van der Waals surface area contributed by atoms with E-state index >= 15 is 0 Å². The number of nitrogens with two attached hydrogens (primary N) is 1. The molecule has 2 unspecified atom stereocenters. The molecule has 0 amide bonds. The highest BCUT2D eigenvalue weighted by molar-refractivity contribution is 7.99. The molecule has 0 saturated heterocycles. The van der Waals surface area contributed by atoms with Crippen LogP contribution in [-0.2, 0) is 0 Å². The van der Waals surface area contributed by atoms with E-state index in [-0.39, 0.29) is 16.1 Å². The largest absolute Gasteiger partial charge is 0.392 e. The van der Waals surface area contributed by atoms with Crippen molar-refractivity contribution in [3.63, 3.8) is 0 Å². The lowest BCUT2D eigenvalue weighted by molar-refractivity contribution is 0.196. The van der Waals surface area contributed by atoms with Gasteiger partial charge in [-0.25, -0.2) is 13.8 Å². The molecule has 2 atom stereocenters. The average Bonchev–Trinajstić information content (AvgIpc) is 2.13. The Labute approximate surface area is 90.7 Å². The molecule has 15 heavy (non-hydrogen) atoms. The van der Waals surface area contributed by atoms with E-state index in [1.54, 1.807) is 13.8 Å². The average molecular weight is 234 g/mol. The van der Waals surface area contributed by atoms with Crippen LogP contribution in [0.25, 0.3) is 0 Å². The minimum Gasteiger partial charge on any atom is -0.392 e. The molecule has 0 saturated carbocycles. The van der Waals surface area contributed by atoms with E-state index in [1.807, 2.05) is 0 Å². The summed E-state index contributed by atoms with van der Waals surface area (Å²) in [7, 11) is 0. The van der Waals surface area contributed by atoms with E-state index in [0.717, 1.165) is 11.8 Å². The fourth-order valence-corrected chi connectivity index (χ4v) is 1.69. The van der Waals surface area contributed by atoms with Gasteiger partial charge in [0.15, 0.2) is 17.5 Å². The van der Waals surface area contributed by atoms with Crippen molar-refractivity contribution in [1.29, 1.82) is 0 Å². The van der Waals surface area contributed by atoms with Crippen LogP contribution in [0.3, 0.4) is 0 Å². The summed E-state index contributed by atoms with van der Waals surface area (Å²) in [5.74, 6) is -1.97. The Balaban J connectivity index is 2.91. The van der Waals surface area contributed by atoms with Gasteiger partial charge in [-0.2, -0.15) is 0 Å². The highest BCUT2D eigenvalue weighted by Gasteiger charge is 2.16. The van der Waals surface area contributed by atoms with Gasteiger partial charge in [-0.15, -0.1) is 0 Å². The number of aliphatic hydroxyl groups excluding tert-OH is 1. The van der Waals surface area contributed by atoms with Gasteiger partial charge in [0.05, 0.1) is 6.10 Å². The third kappa shape index (κ3) is 3.04. The highest BCUT2D eigenvalue weighted by Crippen LogP contribution is 2.27. The number of nitrogens with zero attached hydrogens (tertiary/aromatic N) is 1. The summed E-state index contributed by atoms with van der Waals surface area (Å²) in [4.78, 5) is 3.57. The summed E-state index contributed by atoms with van der Waals surface area (Å²) >= 11 is 1.02. The van der Waals surface area contributed by atoms with E-state index in [1.165, 1.54) is 0 Å². The molecule has 0 aliphatic heterocycles. The molecular formula is C9H12F2N2OS. The minimum absolute atomic E-state index is 0.00213. The van der Waals surface area contributed by atoms with Gasteiger partial charge in [0.2, 0.25) is 0 Å². The molecule has 1 heterocycles. The predicted octanol–water partition coefficient (Wildman–Crippen LogP) is 1.80. The number of halogens is 2. The normalized spacial score (nSPS) is 15.0. The summed E-state index contributed by atoms with van der Waals surface area (Å²) in [5.41, 5.74) is 5.21. The monoisotopic (exact) mass is 234 g/mol. The van der Waals surface area contributed by atoms with Crippen molar-refractivity contribution in [3.8, 4) is 0 Å². The molecule has 1 aromatic heterocycles. The molecule has 0 radical (unpaired) electrons. The van der Waals surface area contributed by atoms with Crippen LogP contribution >= 0.6 is 11.8 Å². The van der Waals surface area contributed by atoms with Crippen molar-refractivity contribution in [2.75, 3.05) is 5.73 Å². The van der Waals surface area contributed by atoms with E-state index < -0.39 is 17.7 Å². The number of anilines is 1. The third-order valence-electron chi connectivity index (χ3n) is 1.90. The van der Waals surface area contributed by atoms with E-state index in [0.29, 0.717) is 6.07 Å². The predicted molar refractivity (Wildman–Crippen MR) is 55.6 cm³/mol. The molecule has 0 fully saturated rings. The smallest absolute Gasteiger partial charge is 0.168 e. The van der Waals surface area contributed by atoms with E-state index in [9.17, 15) is 13.9 Å². The first kappa shape index (κ1) is 12.2. The van der Waals surface area contributed by atoms with Crippen molar-refractivity contribution in [2.45, 2.75) is 30.2 Å². The molecule has 84 valence electrons. The van der Waals surface area contributed by atoms with Gasteiger partial charge in [0.1, 0.15) is 5.03 Å². The Hall–Kier alpha value is -0.880. The van der Waals surface area contributed by atoms with Gasteiger partial charge < -0.3 is 10.8 Å². The molecule has 6 heteroatoms. The Morgan fingerprint density at radius 1 is 1.40 bits per heavy atom. The summed E-state index contributed by atoms with van der Waals surface area (Å²) in [6.45, 7) is 3.30.